The molecule has 1 heterocycles. The van der Waals surface area contributed by atoms with Crippen LogP contribution in [0.1, 0.15) is 19.4 Å². The highest BCUT2D eigenvalue weighted by Crippen LogP contribution is 2.03. The largest absolute Gasteiger partial charge is 0.416 e. The first-order valence-electron chi connectivity index (χ1n) is 6.47. The van der Waals surface area contributed by atoms with Crippen LogP contribution < -0.4 is 16.2 Å². The van der Waals surface area contributed by atoms with E-state index in [9.17, 15) is 14.4 Å². The number of rotatable bonds is 5. The maximum atomic E-state index is 12.0. The molecular formula is C14H18N4O4. The van der Waals surface area contributed by atoms with Crippen LogP contribution in [-0.4, -0.2) is 28.9 Å². The minimum Gasteiger partial charge on any atom is -0.416 e. The summed E-state index contributed by atoms with van der Waals surface area (Å²) in [7, 11) is 0. The fraction of sp³-hybridized carbons (Fsp3) is 0.286. The topological polar surface area (TPSA) is 109 Å². The Kier molecular flexibility index (Phi) is 6.55. The summed E-state index contributed by atoms with van der Waals surface area (Å²) in [6, 6.07) is 2.53. The predicted octanol–water partition coefficient (Wildman–Crippen LogP) is 0.420. The van der Waals surface area contributed by atoms with Crippen molar-refractivity contribution in [1.29, 1.82) is 0 Å². The highest BCUT2D eigenvalue weighted by Gasteiger charge is 2.22. The number of pyridine rings is 1. The molecule has 0 aliphatic heterocycles. The van der Waals surface area contributed by atoms with Crippen molar-refractivity contribution in [2.24, 2.45) is 0 Å². The molecule has 0 bridgehead atoms. The molecule has 0 saturated carbocycles. The molecule has 8 heteroatoms. The smallest absolute Gasteiger partial charge is 0.412 e. The molecule has 1 rings (SSSR count). The van der Waals surface area contributed by atoms with Crippen LogP contribution in [0.2, 0.25) is 0 Å². The molecule has 0 fully saturated rings. The zero-order chi connectivity index (χ0) is 16.5. The molecule has 0 aliphatic carbocycles. The highest BCUT2D eigenvalue weighted by atomic mass is 16.6. The zero-order valence-electron chi connectivity index (χ0n) is 12.4. The predicted molar refractivity (Wildman–Crippen MR) is 78.1 cm³/mol. The number of alkyl carbamates (subject to hydrolysis) is 1. The van der Waals surface area contributed by atoms with E-state index in [0.717, 1.165) is 5.56 Å². The Bertz CT molecular complexity index is 559. The summed E-state index contributed by atoms with van der Waals surface area (Å²) in [6.45, 7) is 6.20. The third kappa shape index (κ3) is 6.51. The first-order chi connectivity index (χ1) is 10.4. The number of nitrogens with one attached hydrogen (secondary N) is 3. The van der Waals surface area contributed by atoms with Gasteiger partial charge < -0.3 is 10.1 Å². The van der Waals surface area contributed by atoms with Crippen LogP contribution in [0, 0.1) is 0 Å². The molecule has 3 N–H and O–H groups in total. The number of carbonyl (C=O) groups excluding carboxylic acids is 3. The summed E-state index contributed by atoms with van der Waals surface area (Å²) < 4.78 is 4.77. The van der Waals surface area contributed by atoms with E-state index in [4.69, 9.17) is 4.74 Å². The highest BCUT2D eigenvalue weighted by molar-refractivity contribution is 5.87. The van der Waals surface area contributed by atoms with Gasteiger partial charge in [0.2, 0.25) is 5.91 Å². The van der Waals surface area contributed by atoms with E-state index in [0.29, 0.717) is 0 Å². The van der Waals surface area contributed by atoms with Crippen molar-refractivity contribution in [2.75, 3.05) is 0 Å². The number of hydrogen-bond donors (Lipinski definition) is 3. The second kappa shape index (κ2) is 8.40. The second-order valence-corrected chi connectivity index (χ2v) is 4.52. The number of allylic oxidation sites excluding steroid dienone is 1. The van der Waals surface area contributed by atoms with Crippen LogP contribution in [0.25, 0.3) is 0 Å². The fourth-order valence-electron chi connectivity index (χ4n) is 1.53. The van der Waals surface area contributed by atoms with Gasteiger partial charge in [-0.05, 0) is 18.6 Å². The molecule has 0 radical (unpaired) electrons. The summed E-state index contributed by atoms with van der Waals surface area (Å²) in [5, 5.41) is 2.41. The number of hydrazine groups is 1. The molecule has 0 saturated heterocycles. The van der Waals surface area contributed by atoms with Crippen LogP contribution in [0.3, 0.4) is 0 Å². The number of hydrogen-bond acceptors (Lipinski definition) is 5. The number of ether oxygens (including phenoxy) is 1. The first-order valence-corrected chi connectivity index (χ1v) is 6.47. The van der Waals surface area contributed by atoms with Gasteiger partial charge in [0, 0.05) is 25.7 Å². The van der Waals surface area contributed by atoms with Crippen molar-refractivity contribution in [1.82, 2.24) is 21.2 Å². The van der Waals surface area contributed by atoms with Crippen molar-refractivity contribution < 1.29 is 19.1 Å². The van der Waals surface area contributed by atoms with Gasteiger partial charge >= 0.3 is 6.09 Å². The van der Waals surface area contributed by atoms with Crippen molar-refractivity contribution >= 4 is 17.9 Å². The SMILES string of the molecule is C=C(C)OC(=O)N[C@H](Cc1cccnc1)C(=O)NNC(C)=O. The third-order valence-electron chi connectivity index (χ3n) is 2.40. The number of nitrogens with zero attached hydrogens (tertiary/aromatic N) is 1. The quantitative estimate of drug-likeness (QED) is 0.539. The van der Waals surface area contributed by atoms with Crippen LogP contribution >= 0.6 is 0 Å². The minimum atomic E-state index is -0.942. The second-order valence-electron chi connectivity index (χ2n) is 4.52. The van der Waals surface area contributed by atoms with Crippen LogP contribution in [-0.2, 0) is 20.7 Å². The van der Waals surface area contributed by atoms with E-state index in [-0.39, 0.29) is 12.2 Å². The third-order valence-corrected chi connectivity index (χ3v) is 2.40. The molecular weight excluding hydrogens is 288 g/mol. The van der Waals surface area contributed by atoms with Gasteiger partial charge in [-0.2, -0.15) is 0 Å². The summed E-state index contributed by atoms with van der Waals surface area (Å²) in [5.74, 6) is -0.824. The average molecular weight is 306 g/mol. The van der Waals surface area contributed by atoms with Gasteiger partial charge in [-0.3, -0.25) is 25.4 Å². The number of aromatic nitrogens is 1. The summed E-state index contributed by atoms with van der Waals surface area (Å²) in [4.78, 5) is 38.4. The van der Waals surface area contributed by atoms with Gasteiger partial charge in [-0.25, -0.2) is 4.79 Å². The van der Waals surface area contributed by atoms with Gasteiger partial charge in [-0.1, -0.05) is 12.6 Å². The normalized spacial score (nSPS) is 11.0. The van der Waals surface area contributed by atoms with Crippen LogP contribution in [0.15, 0.2) is 36.9 Å². The Balaban J connectivity index is 2.75. The van der Waals surface area contributed by atoms with Crippen LogP contribution in [0.4, 0.5) is 4.79 Å². The summed E-state index contributed by atoms with van der Waals surface area (Å²) in [6.07, 6.45) is 2.55. The Hall–Kier alpha value is -2.90. The summed E-state index contributed by atoms with van der Waals surface area (Å²) in [5.41, 5.74) is 5.11. The minimum absolute atomic E-state index is 0.185. The lowest BCUT2D eigenvalue weighted by molar-refractivity contribution is -0.129. The van der Waals surface area contributed by atoms with Gasteiger partial charge in [-0.15, -0.1) is 0 Å². The van der Waals surface area contributed by atoms with Gasteiger partial charge in [0.05, 0.1) is 5.76 Å². The molecule has 1 aromatic rings. The standard InChI is InChI=1S/C14H18N4O4/c1-9(2)22-14(21)16-12(13(20)18-17-10(3)19)7-11-5-4-6-15-8-11/h4-6,8,12H,1,7H2,2-3H3,(H,16,21)(H,17,19)(H,18,20)/t12-/m1/s1. The van der Waals surface area contributed by atoms with E-state index in [2.05, 4.69) is 27.7 Å². The first kappa shape index (κ1) is 17.2. The van der Waals surface area contributed by atoms with Gasteiger partial charge in [0.15, 0.2) is 0 Å². The lowest BCUT2D eigenvalue weighted by Gasteiger charge is -2.18. The van der Waals surface area contributed by atoms with E-state index >= 15 is 0 Å². The van der Waals surface area contributed by atoms with Crippen molar-refractivity contribution in [3.05, 3.63) is 42.4 Å². The fourth-order valence-corrected chi connectivity index (χ4v) is 1.53. The zero-order valence-corrected chi connectivity index (χ0v) is 12.4. The van der Waals surface area contributed by atoms with Crippen molar-refractivity contribution in [2.45, 2.75) is 26.3 Å². The average Bonchev–Trinajstić information content (AvgIpc) is 2.44. The monoisotopic (exact) mass is 306 g/mol. The Morgan fingerprint density at radius 1 is 1.32 bits per heavy atom. The molecule has 8 nitrogen and oxygen atoms in total. The van der Waals surface area contributed by atoms with E-state index in [1.165, 1.54) is 13.8 Å². The lowest BCUT2D eigenvalue weighted by atomic mass is 10.1. The molecule has 22 heavy (non-hydrogen) atoms. The van der Waals surface area contributed by atoms with Crippen LogP contribution in [0.5, 0.6) is 0 Å². The van der Waals surface area contributed by atoms with Gasteiger partial charge in [0.25, 0.3) is 5.91 Å². The molecule has 118 valence electrons. The molecule has 1 aromatic heterocycles. The van der Waals surface area contributed by atoms with E-state index < -0.39 is 23.9 Å². The summed E-state index contributed by atoms with van der Waals surface area (Å²) >= 11 is 0. The lowest BCUT2D eigenvalue weighted by Crippen LogP contribution is -2.52. The van der Waals surface area contributed by atoms with Crippen molar-refractivity contribution in [3.63, 3.8) is 0 Å². The maximum Gasteiger partial charge on any atom is 0.412 e. The Morgan fingerprint density at radius 2 is 2.05 bits per heavy atom. The molecule has 1 atom stereocenters. The Morgan fingerprint density at radius 3 is 2.59 bits per heavy atom. The molecule has 0 unspecified atom stereocenters. The molecule has 0 aliphatic rings. The molecule has 0 aromatic carbocycles. The van der Waals surface area contributed by atoms with E-state index in [1.54, 1.807) is 24.5 Å². The van der Waals surface area contributed by atoms with Gasteiger partial charge in [0.1, 0.15) is 6.04 Å². The number of carbonyl (C=O) groups is 3. The Labute approximate surface area is 127 Å². The van der Waals surface area contributed by atoms with E-state index in [1.807, 2.05) is 0 Å². The maximum absolute atomic E-state index is 12.0. The molecule has 0 spiro atoms. The molecule has 3 amide bonds. The number of amides is 3. The van der Waals surface area contributed by atoms with Crippen molar-refractivity contribution in [3.8, 4) is 0 Å².